The van der Waals surface area contributed by atoms with Gasteiger partial charge in [0.2, 0.25) is 0 Å². The lowest BCUT2D eigenvalue weighted by Gasteiger charge is -2.40. The summed E-state index contributed by atoms with van der Waals surface area (Å²) in [6, 6.07) is 1.53. The van der Waals surface area contributed by atoms with Crippen LogP contribution in [0.2, 0.25) is 0 Å². The van der Waals surface area contributed by atoms with Gasteiger partial charge in [0.1, 0.15) is 0 Å². The molecule has 2 aliphatic rings. The fourth-order valence-corrected chi connectivity index (χ4v) is 2.72. The smallest absolute Gasteiger partial charge is 0.0221 e. The summed E-state index contributed by atoms with van der Waals surface area (Å²) < 4.78 is 0. The predicted molar refractivity (Wildman–Crippen MR) is 59.5 cm³/mol. The molecule has 2 N–H and O–H groups in total. The highest BCUT2D eigenvalue weighted by atomic mass is 15.2. The van der Waals surface area contributed by atoms with Crippen molar-refractivity contribution in [3.05, 3.63) is 0 Å². The molecule has 0 spiro atoms. The topological polar surface area (TPSA) is 27.3 Å². The zero-order valence-electron chi connectivity index (χ0n) is 9.26. The molecule has 2 aliphatic heterocycles. The molecule has 2 heterocycles. The van der Waals surface area contributed by atoms with Crippen molar-refractivity contribution in [1.82, 2.24) is 15.5 Å². The minimum Gasteiger partial charge on any atom is -0.316 e. The van der Waals surface area contributed by atoms with E-state index < -0.39 is 0 Å². The standard InChI is InChI=1S/C11H23N3/c1-12-10-4-3-7-14(9-10)11-5-2-6-13-8-11/h10-13H,2-9H2,1H3. The molecule has 82 valence electrons. The zero-order valence-corrected chi connectivity index (χ0v) is 9.26. The third kappa shape index (κ3) is 2.47. The van der Waals surface area contributed by atoms with Crippen molar-refractivity contribution in [2.45, 2.75) is 37.8 Å². The molecule has 14 heavy (non-hydrogen) atoms. The van der Waals surface area contributed by atoms with Gasteiger partial charge >= 0.3 is 0 Å². The number of nitrogens with zero attached hydrogens (tertiary/aromatic N) is 1. The molecule has 2 atom stereocenters. The second-order valence-electron chi connectivity index (χ2n) is 4.62. The molecule has 2 saturated heterocycles. The van der Waals surface area contributed by atoms with E-state index in [0.29, 0.717) is 0 Å². The van der Waals surface area contributed by atoms with E-state index in [1.807, 2.05) is 0 Å². The highest BCUT2D eigenvalue weighted by Gasteiger charge is 2.25. The first kappa shape index (κ1) is 10.4. The van der Waals surface area contributed by atoms with E-state index in [9.17, 15) is 0 Å². The minimum absolute atomic E-state index is 0.727. The van der Waals surface area contributed by atoms with Crippen LogP contribution in [0.15, 0.2) is 0 Å². The number of likely N-dealkylation sites (N-methyl/N-ethyl adjacent to an activating group) is 1. The Bertz CT molecular complexity index is 166. The fourth-order valence-electron chi connectivity index (χ4n) is 2.72. The summed E-state index contributed by atoms with van der Waals surface area (Å²) in [6.07, 6.45) is 5.46. The van der Waals surface area contributed by atoms with E-state index in [1.54, 1.807) is 0 Å². The number of piperidine rings is 2. The van der Waals surface area contributed by atoms with Gasteiger partial charge in [0.25, 0.3) is 0 Å². The summed E-state index contributed by atoms with van der Waals surface area (Å²) in [5.41, 5.74) is 0. The van der Waals surface area contributed by atoms with Gasteiger partial charge in [0.15, 0.2) is 0 Å². The van der Waals surface area contributed by atoms with Gasteiger partial charge < -0.3 is 10.6 Å². The van der Waals surface area contributed by atoms with E-state index in [2.05, 4.69) is 22.6 Å². The number of nitrogens with one attached hydrogen (secondary N) is 2. The molecule has 0 aromatic heterocycles. The number of likely N-dealkylation sites (tertiary alicyclic amines) is 1. The van der Waals surface area contributed by atoms with Crippen molar-refractivity contribution >= 4 is 0 Å². The van der Waals surface area contributed by atoms with Crippen molar-refractivity contribution < 1.29 is 0 Å². The van der Waals surface area contributed by atoms with Crippen molar-refractivity contribution in [3.63, 3.8) is 0 Å². The van der Waals surface area contributed by atoms with Crippen LogP contribution in [0, 0.1) is 0 Å². The maximum atomic E-state index is 3.50. The molecular formula is C11H23N3. The van der Waals surface area contributed by atoms with Crippen molar-refractivity contribution in [3.8, 4) is 0 Å². The van der Waals surface area contributed by atoms with Gasteiger partial charge in [-0.2, -0.15) is 0 Å². The second-order valence-corrected chi connectivity index (χ2v) is 4.62. The highest BCUT2D eigenvalue weighted by molar-refractivity contribution is 4.84. The maximum Gasteiger partial charge on any atom is 0.0221 e. The molecule has 0 amide bonds. The predicted octanol–water partition coefficient (Wildman–Crippen LogP) is 0.422. The molecule has 2 rings (SSSR count). The Balaban J connectivity index is 1.83. The van der Waals surface area contributed by atoms with Crippen LogP contribution < -0.4 is 10.6 Å². The zero-order chi connectivity index (χ0) is 9.80. The SMILES string of the molecule is CNC1CCCN(C2CCCNC2)C1. The summed E-state index contributed by atoms with van der Waals surface area (Å²) in [4.78, 5) is 2.68. The van der Waals surface area contributed by atoms with Crippen LogP contribution in [0.25, 0.3) is 0 Å². The van der Waals surface area contributed by atoms with E-state index in [0.717, 1.165) is 12.1 Å². The fraction of sp³-hybridized carbons (Fsp3) is 1.00. The maximum absolute atomic E-state index is 3.50. The highest BCUT2D eigenvalue weighted by Crippen LogP contribution is 2.17. The van der Waals surface area contributed by atoms with Gasteiger partial charge in [-0.05, 0) is 45.8 Å². The van der Waals surface area contributed by atoms with Gasteiger partial charge in [0.05, 0.1) is 0 Å². The largest absolute Gasteiger partial charge is 0.316 e. The molecule has 2 fully saturated rings. The Kier molecular flexibility index (Phi) is 3.79. The second kappa shape index (κ2) is 5.10. The lowest BCUT2D eigenvalue weighted by Crippen LogP contribution is -2.53. The van der Waals surface area contributed by atoms with Gasteiger partial charge in [0, 0.05) is 25.2 Å². The van der Waals surface area contributed by atoms with E-state index in [4.69, 9.17) is 0 Å². The normalized spacial score (nSPS) is 35.8. The molecule has 3 heteroatoms. The van der Waals surface area contributed by atoms with Gasteiger partial charge in [-0.15, -0.1) is 0 Å². The molecule has 2 unspecified atom stereocenters. The summed E-state index contributed by atoms with van der Waals surface area (Å²) in [7, 11) is 2.09. The van der Waals surface area contributed by atoms with Crippen LogP contribution in [0.1, 0.15) is 25.7 Å². The Morgan fingerprint density at radius 3 is 2.93 bits per heavy atom. The molecule has 0 aromatic rings. The third-order valence-electron chi connectivity index (χ3n) is 3.65. The van der Waals surface area contributed by atoms with Crippen molar-refractivity contribution in [1.29, 1.82) is 0 Å². The summed E-state index contributed by atoms with van der Waals surface area (Å²) in [5.74, 6) is 0. The number of rotatable bonds is 2. The van der Waals surface area contributed by atoms with Gasteiger partial charge in [-0.3, -0.25) is 4.90 Å². The van der Waals surface area contributed by atoms with Crippen LogP contribution in [-0.4, -0.2) is 50.2 Å². The van der Waals surface area contributed by atoms with E-state index in [-0.39, 0.29) is 0 Å². The van der Waals surface area contributed by atoms with Crippen LogP contribution in [0.3, 0.4) is 0 Å². The summed E-state index contributed by atoms with van der Waals surface area (Å²) >= 11 is 0. The third-order valence-corrected chi connectivity index (χ3v) is 3.65. The Morgan fingerprint density at radius 1 is 1.29 bits per heavy atom. The summed E-state index contributed by atoms with van der Waals surface area (Å²) in [5, 5.41) is 6.91. The van der Waals surface area contributed by atoms with Crippen molar-refractivity contribution in [2.75, 3.05) is 33.2 Å². The van der Waals surface area contributed by atoms with Crippen molar-refractivity contribution in [2.24, 2.45) is 0 Å². The van der Waals surface area contributed by atoms with E-state index >= 15 is 0 Å². The lowest BCUT2D eigenvalue weighted by atomic mass is 10.00. The average Bonchev–Trinajstić information content (AvgIpc) is 2.30. The molecule has 0 aliphatic carbocycles. The molecule has 0 radical (unpaired) electrons. The molecule has 0 bridgehead atoms. The Hall–Kier alpha value is -0.120. The summed E-state index contributed by atoms with van der Waals surface area (Å²) in [6.45, 7) is 4.99. The van der Waals surface area contributed by atoms with E-state index in [1.165, 1.54) is 51.9 Å². The number of hydrogen-bond donors (Lipinski definition) is 2. The number of hydrogen-bond acceptors (Lipinski definition) is 3. The first-order valence-corrected chi connectivity index (χ1v) is 6.02. The van der Waals surface area contributed by atoms with Gasteiger partial charge in [-0.25, -0.2) is 0 Å². The first-order valence-electron chi connectivity index (χ1n) is 6.02. The molecular weight excluding hydrogens is 174 g/mol. The Morgan fingerprint density at radius 2 is 2.21 bits per heavy atom. The van der Waals surface area contributed by atoms with Crippen LogP contribution in [0.5, 0.6) is 0 Å². The average molecular weight is 197 g/mol. The lowest BCUT2D eigenvalue weighted by molar-refractivity contribution is 0.120. The minimum atomic E-state index is 0.727. The van der Waals surface area contributed by atoms with Crippen LogP contribution in [0.4, 0.5) is 0 Å². The monoisotopic (exact) mass is 197 g/mol. The quantitative estimate of drug-likeness (QED) is 0.672. The van der Waals surface area contributed by atoms with Crippen LogP contribution >= 0.6 is 0 Å². The molecule has 3 nitrogen and oxygen atoms in total. The first-order chi connectivity index (χ1) is 6.90. The Labute approximate surface area is 87.2 Å². The molecule has 0 aromatic carbocycles. The molecule has 0 saturated carbocycles. The van der Waals surface area contributed by atoms with Gasteiger partial charge in [-0.1, -0.05) is 0 Å². The van der Waals surface area contributed by atoms with Crippen LogP contribution in [-0.2, 0) is 0 Å².